The van der Waals surface area contributed by atoms with Gasteiger partial charge in [0.15, 0.2) is 0 Å². The first-order chi connectivity index (χ1) is 13.3. The Balaban J connectivity index is 1.55. The zero-order valence-corrected chi connectivity index (χ0v) is 19.0. The highest BCUT2D eigenvalue weighted by Crippen LogP contribution is 2.36. The van der Waals surface area contributed by atoms with Gasteiger partial charge in [-0.2, -0.15) is 0 Å². The van der Waals surface area contributed by atoms with Gasteiger partial charge in [0.25, 0.3) is 0 Å². The number of rotatable bonds is 4. The van der Waals surface area contributed by atoms with Crippen molar-refractivity contribution in [2.24, 2.45) is 5.92 Å². The zero-order chi connectivity index (χ0) is 21.6. The Morgan fingerprint density at radius 2 is 1.76 bits per heavy atom. The molecule has 6 nitrogen and oxygen atoms in total. The van der Waals surface area contributed by atoms with E-state index in [9.17, 15) is 4.79 Å². The Morgan fingerprint density at radius 1 is 1.17 bits per heavy atom. The number of benzene rings is 1. The molecule has 0 aromatic heterocycles. The fourth-order valence-electron chi connectivity index (χ4n) is 3.26. The van der Waals surface area contributed by atoms with Crippen LogP contribution in [0.25, 0.3) is 0 Å². The fraction of sp³-hybridized carbons (Fsp3) is 0.682. The average Bonchev–Trinajstić information content (AvgIpc) is 2.73. The van der Waals surface area contributed by atoms with Crippen LogP contribution in [0.3, 0.4) is 0 Å². The molecule has 0 radical (unpaired) electrons. The fourth-order valence-corrected chi connectivity index (χ4v) is 3.26. The Kier molecular flexibility index (Phi) is 5.69. The summed E-state index contributed by atoms with van der Waals surface area (Å²) in [4.78, 5) is 13.8. The molecule has 29 heavy (non-hydrogen) atoms. The van der Waals surface area contributed by atoms with Gasteiger partial charge >= 0.3 is 13.2 Å². The Bertz CT molecular complexity index is 749. The van der Waals surface area contributed by atoms with Crippen molar-refractivity contribution >= 4 is 18.7 Å². The summed E-state index contributed by atoms with van der Waals surface area (Å²) < 4.78 is 23.8. The molecule has 0 spiro atoms. The van der Waals surface area contributed by atoms with Gasteiger partial charge in [-0.25, -0.2) is 4.79 Å². The second kappa shape index (κ2) is 7.51. The molecule has 2 fully saturated rings. The van der Waals surface area contributed by atoms with Gasteiger partial charge in [0.05, 0.1) is 17.8 Å². The van der Waals surface area contributed by atoms with Gasteiger partial charge < -0.3 is 23.7 Å². The first kappa shape index (κ1) is 22.0. The Hall–Kier alpha value is -1.73. The number of aryl methyl sites for hydroxylation is 1. The molecule has 0 N–H and O–H groups in total. The molecule has 0 aliphatic carbocycles. The maximum atomic E-state index is 12.0. The molecule has 0 unspecified atom stereocenters. The number of carbonyl (C=O) groups is 1. The van der Waals surface area contributed by atoms with E-state index >= 15 is 0 Å². The Morgan fingerprint density at radius 3 is 2.31 bits per heavy atom. The van der Waals surface area contributed by atoms with Gasteiger partial charge in [-0.3, -0.25) is 0 Å². The number of likely N-dealkylation sites (tertiary alicyclic amines) is 1. The standard InChI is InChI=1S/C22H34BNO5/c1-15-9-10-17(23-28-21(5,6)22(7,8)29-23)11-18(15)26-14-16-12-24(13-16)19(25)27-20(2,3)4/h9-11,16H,12-14H2,1-8H3. The number of hydrogen-bond acceptors (Lipinski definition) is 5. The predicted molar refractivity (Wildman–Crippen MR) is 114 cm³/mol. The van der Waals surface area contributed by atoms with Crippen LogP contribution in [0.15, 0.2) is 18.2 Å². The number of nitrogens with zero attached hydrogens (tertiary/aromatic N) is 1. The molecule has 7 heteroatoms. The van der Waals surface area contributed by atoms with Gasteiger partial charge in [0, 0.05) is 19.0 Å². The van der Waals surface area contributed by atoms with Gasteiger partial charge in [-0.1, -0.05) is 12.1 Å². The molecule has 1 aromatic carbocycles. The molecule has 2 aliphatic heterocycles. The van der Waals surface area contributed by atoms with E-state index in [4.69, 9.17) is 18.8 Å². The van der Waals surface area contributed by atoms with Gasteiger partial charge in [-0.05, 0) is 72.5 Å². The van der Waals surface area contributed by atoms with Crippen molar-refractivity contribution in [2.75, 3.05) is 19.7 Å². The minimum atomic E-state index is -0.469. The number of hydrogen-bond donors (Lipinski definition) is 0. The quantitative estimate of drug-likeness (QED) is 0.720. The maximum absolute atomic E-state index is 12.0. The molecule has 3 rings (SSSR count). The average molecular weight is 403 g/mol. The normalized spacial score (nSPS) is 21.1. The van der Waals surface area contributed by atoms with Crippen molar-refractivity contribution in [1.29, 1.82) is 0 Å². The van der Waals surface area contributed by atoms with Crippen LogP contribution in [0.5, 0.6) is 5.75 Å². The van der Waals surface area contributed by atoms with Crippen LogP contribution >= 0.6 is 0 Å². The molecule has 2 heterocycles. The summed E-state index contributed by atoms with van der Waals surface area (Å²) >= 11 is 0. The van der Waals surface area contributed by atoms with Crippen molar-refractivity contribution < 1.29 is 23.6 Å². The van der Waals surface area contributed by atoms with Crippen molar-refractivity contribution in [3.63, 3.8) is 0 Å². The summed E-state index contributed by atoms with van der Waals surface area (Å²) in [5, 5.41) is 0. The monoisotopic (exact) mass is 403 g/mol. The minimum absolute atomic E-state index is 0.257. The van der Waals surface area contributed by atoms with E-state index in [2.05, 4.69) is 0 Å². The predicted octanol–water partition coefficient (Wildman–Crippen LogP) is 3.54. The first-order valence-electron chi connectivity index (χ1n) is 10.3. The molecule has 0 saturated carbocycles. The lowest BCUT2D eigenvalue weighted by molar-refractivity contribution is -0.00786. The first-order valence-corrected chi connectivity index (χ1v) is 10.3. The lowest BCUT2D eigenvalue weighted by Crippen LogP contribution is -2.53. The van der Waals surface area contributed by atoms with E-state index in [1.165, 1.54) is 0 Å². The topological polar surface area (TPSA) is 57.2 Å². The van der Waals surface area contributed by atoms with Crippen molar-refractivity contribution in [3.8, 4) is 5.75 Å². The molecular formula is C22H34BNO5. The van der Waals surface area contributed by atoms with Gasteiger partial charge in [0.2, 0.25) is 0 Å². The molecule has 1 aromatic rings. The van der Waals surface area contributed by atoms with E-state index in [1.54, 1.807) is 4.90 Å². The van der Waals surface area contributed by atoms with E-state index in [1.807, 2.05) is 73.6 Å². The SMILES string of the molecule is Cc1ccc(B2OC(C)(C)C(C)(C)O2)cc1OCC1CN(C(=O)OC(C)(C)C)C1. The van der Waals surface area contributed by atoms with E-state index in [0.29, 0.717) is 25.6 Å². The van der Waals surface area contributed by atoms with Crippen LogP contribution < -0.4 is 10.2 Å². The highest BCUT2D eigenvalue weighted by atomic mass is 16.7. The second-order valence-electron chi connectivity index (χ2n) is 10.2. The van der Waals surface area contributed by atoms with Crippen LogP contribution in [-0.4, -0.2) is 54.6 Å². The zero-order valence-electron chi connectivity index (χ0n) is 19.0. The smallest absolute Gasteiger partial charge is 0.493 e. The van der Waals surface area contributed by atoms with Crippen molar-refractivity contribution in [3.05, 3.63) is 23.8 Å². The molecule has 160 valence electrons. The number of ether oxygens (including phenoxy) is 2. The van der Waals surface area contributed by atoms with Crippen LogP contribution in [0.1, 0.15) is 54.0 Å². The summed E-state index contributed by atoms with van der Waals surface area (Å²) in [7, 11) is -0.408. The summed E-state index contributed by atoms with van der Waals surface area (Å²) in [5.74, 6) is 1.13. The van der Waals surface area contributed by atoms with Gasteiger partial charge in [-0.15, -0.1) is 0 Å². The number of amides is 1. The second-order valence-corrected chi connectivity index (χ2v) is 10.2. The highest BCUT2D eigenvalue weighted by molar-refractivity contribution is 6.62. The molecule has 2 aliphatic rings. The van der Waals surface area contributed by atoms with Gasteiger partial charge in [0.1, 0.15) is 11.4 Å². The van der Waals surface area contributed by atoms with Crippen LogP contribution in [0.4, 0.5) is 4.79 Å². The van der Waals surface area contributed by atoms with Crippen LogP contribution in [0.2, 0.25) is 0 Å². The summed E-state index contributed by atoms with van der Waals surface area (Å²) in [6.07, 6.45) is -0.257. The molecule has 1 amide bonds. The largest absolute Gasteiger partial charge is 0.494 e. The molecule has 2 saturated heterocycles. The number of carbonyl (C=O) groups excluding carboxylic acids is 1. The van der Waals surface area contributed by atoms with E-state index < -0.39 is 12.7 Å². The lowest BCUT2D eigenvalue weighted by Gasteiger charge is -2.39. The third-order valence-corrected chi connectivity index (χ3v) is 5.82. The van der Waals surface area contributed by atoms with Crippen molar-refractivity contribution in [1.82, 2.24) is 4.90 Å². The van der Waals surface area contributed by atoms with E-state index in [-0.39, 0.29) is 17.3 Å². The molecule has 0 atom stereocenters. The molecule has 0 bridgehead atoms. The van der Waals surface area contributed by atoms with Crippen LogP contribution in [0, 0.1) is 12.8 Å². The minimum Gasteiger partial charge on any atom is -0.493 e. The summed E-state index contributed by atoms with van der Waals surface area (Å²) in [5.41, 5.74) is 0.798. The molecular weight excluding hydrogens is 369 g/mol. The summed E-state index contributed by atoms with van der Waals surface area (Å²) in [6, 6.07) is 6.06. The lowest BCUT2D eigenvalue weighted by atomic mass is 9.78. The third kappa shape index (κ3) is 4.89. The van der Waals surface area contributed by atoms with Crippen LogP contribution in [-0.2, 0) is 14.0 Å². The summed E-state index contributed by atoms with van der Waals surface area (Å²) in [6.45, 7) is 17.7. The maximum Gasteiger partial charge on any atom is 0.494 e. The van der Waals surface area contributed by atoms with Crippen molar-refractivity contribution in [2.45, 2.75) is 72.2 Å². The Labute approximate surface area is 175 Å². The van der Waals surface area contributed by atoms with E-state index in [0.717, 1.165) is 16.8 Å². The third-order valence-electron chi connectivity index (χ3n) is 5.82. The highest BCUT2D eigenvalue weighted by Gasteiger charge is 2.51.